The van der Waals surface area contributed by atoms with Gasteiger partial charge in [0.1, 0.15) is 6.10 Å². The van der Waals surface area contributed by atoms with Gasteiger partial charge in [-0.15, -0.1) is 0 Å². The molecule has 1 unspecified atom stereocenters. The van der Waals surface area contributed by atoms with Crippen molar-refractivity contribution >= 4 is 28.9 Å². The molecule has 86 valence electrons. The van der Waals surface area contributed by atoms with Crippen molar-refractivity contribution in [2.45, 2.75) is 19.4 Å². The fraction of sp³-hybridized carbons (Fsp3) is 0.364. The molecule has 2 rings (SSSR count). The Hall–Kier alpha value is -1.42. The number of fused-ring (bicyclic) bond motifs is 1. The van der Waals surface area contributed by atoms with Crippen LogP contribution < -0.4 is 15.4 Å². The average molecular weight is 241 g/mol. The van der Waals surface area contributed by atoms with Gasteiger partial charge in [0, 0.05) is 12.7 Å². The second-order valence-corrected chi connectivity index (χ2v) is 4.34. The lowest BCUT2D eigenvalue weighted by atomic mass is 10.2. The van der Waals surface area contributed by atoms with E-state index in [1.165, 1.54) is 4.90 Å². The van der Waals surface area contributed by atoms with Crippen LogP contribution in [0.3, 0.4) is 0 Å². The maximum Gasteiger partial charge on any atom is 0.230 e. The molecule has 1 amide bonds. The molecule has 0 saturated heterocycles. The maximum absolute atomic E-state index is 11.8. The lowest BCUT2D eigenvalue weighted by Crippen LogP contribution is -2.27. The summed E-state index contributed by atoms with van der Waals surface area (Å²) in [6.07, 6.45) is 0.152. The summed E-state index contributed by atoms with van der Waals surface area (Å²) >= 11 is 6.06. The van der Waals surface area contributed by atoms with Crippen LogP contribution in [0.5, 0.6) is 5.75 Å². The van der Waals surface area contributed by atoms with Crippen LogP contribution in [-0.4, -0.2) is 19.1 Å². The molecule has 1 aromatic carbocycles. The minimum Gasteiger partial charge on any atom is -0.486 e. The topological polar surface area (TPSA) is 55.6 Å². The molecule has 1 atom stereocenters. The van der Waals surface area contributed by atoms with Crippen LogP contribution in [0.25, 0.3) is 0 Å². The molecule has 2 N–H and O–H groups in total. The fourth-order valence-corrected chi connectivity index (χ4v) is 1.99. The number of hydrogen-bond acceptors (Lipinski definition) is 3. The zero-order chi connectivity index (χ0) is 11.9. The molecule has 5 heteroatoms. The van der Waals surface area contributed by atoms with Gasteiger partial charge in [-0.1, -0.05) is 11.6 Å². The van der Waals surface area contributed by atoms with Crippen LogP contribution in [0.15, 0.2) is 12.1 Å². The van der Waals surface area contributed by atoms with Gasteiger partial charge >= 0.3 is 0 Å². The third-order valence-corrected chi connectivity index (χ3v) is 2.84. The van der Waals surface area contributed by atoms with Crippen molar-refractivity contribution in [1.29, 1.82) is 0 Å². The van der Waals surface area contributed by atoms with Crippen molar-refractivity contribution in [3.63, 3.8) is 0 Å². The van der Waals surface area contributed by atoms with Gasteiger partial charge in [-0.2, -0.15) is 0 Å². The lowest BCUT2D eigenvalue weighted by Gasteiger charge is -2.17. The third-order valence-electron chi connectivity index (χ3n) is 2.56. The monoisotopic (exact) mass is 240 g/mol. The van der Waals surface area contributed by atoms with Crippen LogP contribution in [0.2, 0.25) is 5.02 Å². The van der Waals surface area contributed by atoms with Crippen molar-refractivity contribution in [3.05, 3.63) is 17.2 Å². The summed E-state index contributed by atoms with van der Waals surface area (Å²) in [6.45, 7) is 1.84. The highest BCUT2D eigenvalue weighted by Gasteiger charge is 2.26. The second-order valence-electron chi connectivity index (χ2n) is 3.94. The highest BCUT2D eigenvalue weighted by Crippen LogP contribution is 2.40. The van der Waals surface area contributed by atoms with Gasteiger partial charge in [0.25, 0.3) is 0 Å². The SMILES string of the molecule is CC1CC(=O)N(C)c2cc(N)cc(Cl)c2O1. The average Bonchev–Trinajstić information content (AvgIpc) is 2.29. The molecule has 0 fully saturated rings. The van der Waals surface area contributed by atoms with Crippen molar-refractivity contribution < 1.29 is 9.53 Å². The van der Waals surface area contributed by atoms with E-state index >= 15 is 0 Å². The van der Waals surface area contributed by atoms with Crippen molar-refractivity contribution in [1.82, 2.24) is 0 Å². The molecule has 1 heterocycles. The van der Waals surface area contributed by atoms with Crippen LogP contribution in [0.1, 0.15) is 13.3 Å². The number of carbonyl (C=O) groups is 1. The van der Waals surface area contributed by atoms with Gasteiger partial charge in [-0.25, -0.2) is 0 Å². The largest absolute Gasteiger partial charge is 0.486 e. The number of nitrogen functional groups attached to an aromatic ring is 1. The molecule has 0 spiro atoms. The van der Waals surface area contributed by atoms with Gasteiger partial charge in [-0.3, -0.25) is 4.79 Å². The highest BCUT2D eigenvalue weighted by atomic mass is 35.5. The predicted octanol–water partition coefficient (Wildman–Crippen LogP) is 2.06. The molecular formula is C11H13ClN2O2. The number of anilines is 2. The summed E-state index contributed by atoms with van der Waals surface area (Å²) < 4.78 is 5.63. The predicted molar refractivity (Wildman–Crippen MR) is 64.0 cm³/mol. The number of ether oxygens (including phenoxy) is 1. The summed E-state index contributed by atoms with van der Waals surface area (Å²) in [4.78, 5) is 13.3. The molecule has 1 aliphatic heterocycles. The normalized spacial score (nSPS) is 20.1. The Morgan fingerprint density at radius 3 is 2.94 bits per heavy atom. The Morgan fingerprint density at radius 2 is 2.25 bits per heavy atom. The van der Waals surface area contributed by atoms with Crippen LogP contribution >= 0.6 is 11.6 Å². The minimum atomic E-state index is -0.183. The van der Waals surface area contributed by atoms with E-state index in [9.17, 15) is 4.79 Å². The second kappa shape index (κ2) is 3.87. The molecule has 0 saturated carbocycles. The quantitative estimate of drug-likeness (QED) is 0.707. The summed E-state index contributed by atoms with van der Waals surface area (Å²) in [6, 6.07) is 3.31. The number of benzene rings is 1. The minimum absolute atomic E-state index is 0.00656. The van der Waals surface area contributed by atoms with Gasteiger partial charge in [0.05, 0.1) is 17.1 Å². The van der Waals surface area contributed by atoms with E-state index < -0.39 is 0 Å². The first kappa shape index (κ1) is 11.1. The van der Waals surface area contributed by atoms with Gasteiger partial charge < -0.3 is 15.4 Å². The van der Waals surface area contributed by atoms with Crippen LogP contribution in [0.4, 0.5) is 11.4 Å². The Kier molecular flexibility index (Phi) is 2.68. The summed E-state index contributed by atoms with van der Waals surface area (Å²) in [5, 5.41) is 0.434. The van der Waals surface area contributed by atoms with Crippen LogP contribution in [0, 0.1) is 0 Å². The molecule has 0 radical (unpaired) electrons. The number of nitrogens with two attached hydrogens (primary N) is 1. The Morgan fingerprint density at radius 1 is 1.56 bits per heavy atom. The number of carbonyl (C=O) groups excluding carboxylic acids is 1. The zero-order valence-electron chi connectivity index (χ0n) is 9.16. The molecule has 1 aliphatic rings. The number of hydrogen-bond donors (Lipinski definition) is 1. The van der Waals surface area contributed by atoms with Crippen molar-refractivity contribution in [2.24, 2.45) is 0 Å². The van der Waals surface area contributed by atoms with E-state index in [0.29, 0.717) is 28.6 Å². The molecule has 16 heavy (non-hydrogen) atoms. The molecule has 0 bridgehead atoms. The van der Waals surface area contributed by atoms with Crippen molar-refractivity contribution in [2.75, 3.05) is 17.7 Å². The molecule has 0 aliphatic carbocycles. The number of amides is 1. The number of nitrogens with zero attached hydrogens (tertiary/aromatic N) is 1. The van der Waals surface area contributed by atoms with Gasteiger partial charge in [0.15, 0.2) is 5.75 Å². The van der Waals surface area contributed by atoms with Crippen molar-refractivity contribution in [3.8, 4) is 5.75 Å². The molecule has 4 nitrogen and oxygen atoms in total. The van der Waals surface area contributed by atoms with E-state index in [-0.39, 0.29) is 12.0 Å². The van der Waals surface area contributed by atoms with E-state index in [2.05, 4.69) is 0 Å². The zero-order valence-corrected chi connectivity index (χ0v) is 9.91. The first-order valence-electron chi connectivity index (χ1n) is 5.01. The summed E-state index contributed by atoms with van der Waals surface area (Å²) in [7, 11) is 1.69. The smallest absolute Gasteiger partial charge is 0.230 e. The van der Waals surface area contributed by atoms with Crippen LogP contribution in [-0.2, 0) is 4.79 Å². The van der Waals surface area contributed by atoms with Gasteiger partial charge in [0.2, 0.25) is 5.91 Å². The lowest BCUT2D eigenvalue weighted by molar-refractivity contribution is -0.119. The van der Waals surface area contributed by atoms with E-state index in [1.54, 1.807) is 19.2 Å². The summed E-state index contributed by atoms with van der Waals surface area (Å²) in [5.74, 6) is 0.518. The highest BCUT2D eigenvalue weighted by molar-refractivity contribution is 6.33. The Balaban J connectivity index is 2.59. The van der Waals surface area contributed by atoms with E-state index in [4.69, 9.17) is 22.1 Å². The Labute approximate surface area is 98.9 Å². The molecular weight excluding hydrogens is 228 g/mol. The number of rotatable bonds is 0. The molecule has 1 aromatic rings. The number of halogens is 1. The summed E-state index contributed by atoms with van der Waals surface area (Å²) in [5.41, 5.74) is 6.84. The standard InChI is InChI=1S/C11H13ClN2O2/c1-6-3-10(15)14(2)9-5-7(13)4-8(12)11(9)16-6/h4-6H,3,13H2,1-2H3. The van der Waals surface area contributed by atoms with E-state index in [1.807, 2.05) is 6.92 Å². The van der Waals surface area contributed by atoms with Gasteiger partial charge in [-0.05, 0) is 19.1 Å². The first-order chi connectivity index (χ1) is 7.49. The molecule has 0 aromatic heterocycles. The third kappa shape index (κ3) is 1.80. The maximum atomic E-state index is 11.8. The fourth-order valence-electron chi connectivity index (χ4n) is 1.73. The first-order valence-corrected chi connectivity index (χ1v) is 5.39. The van der Waals surface area contributed by atoms with E-state index in [0.717, 1.165) is 0 Å². The Bertz CT molecular complexity index is 448.